The van der Waals surface area contributed by atoms with E-state index in [0.29, 0.717) is 12.6 Å². The monoisotopic (exact) mass is 417 g/mol. The summed E-state index contributed by atoms with van der Waals surface area (Å²) in [5.41, 5.74) is 3.05. The summed E-state index contributed by atoms with van der Waals surface area (Å²) in [5, 5.41) is 3.13. The molecule has 1 aromatic heterocycles. The number of anilines is 1. The highest BCUT2D eigenvalue weighted by Gasteiger charge is 2.38. The molecule has 2 fully saturated rings. The third-order valence-electron chi connectivity index (χ3n) is 6.93. The Bertz CT molecular complexity index is 1050. The number of carbonyl (C=O) groups is 1. The van der Waals surface area contributed by atoms with E-state index in [4.69, 9.17) is 4.98 Å². The van der Waals surface area contributed by atoms with Gasteiger partial charge in [0.05, 0.1) is 11.0 Å². The molecule has 6 heteroatoms. The van der Waals surface area contributed by atoms with E-state index in [0.717, 1.165) is 55.3 Å². The van der Waals surface area contributed by atoms with Crippen molar-refractivity contribution >= 4 is 23.0 Å². The van der Waals surface area contributed by atoms with Gasteiger partial charge in [-0.3, -0.25) is 0 Å². The predicted molar refractivity (Wildman–Crippen MR) is 125 cm³/mol. The van der Waals surface area contributed by atoms with E-state index < -0.39 is 0 Å². The van der Waals surface area contributed by atoms with Crippen LogP contribution in [0.25, 0.3) is 11.0 Å². The second-order valence-electron chi connectivity index (χ2n) is 8.89. The summed E-state index contributed by atoms with van der Waals surface area (Å²) >= 11 is 0. The predicted octanol–water partition coefficient (Wildman–Crippen LogP) is 3.76. The lowest BCUT2D eigenvalue weighted by molar-refractivity contribution is 0.238. The zero-order valence-electron chi connectivity index (χ0n) is 18.2. The average Bonchev–Trinajstić information content (AvgIpc) is 3.38. The first kappa shape index (κ1) is 20.1. The van der Waals surface area contributed by atoms with Crippen molar-refractivity contribution < 1.29 is 4.79 Å². The molecule has 0 radical (unpaired) electrons. The second kappa shape index (κ2) is 8.71. The van der Waals surface area contributed by atoms with Crippen LogP contribution < -0.4 is 10.2 Å². The van der Waals surface area contributed by atoms with Crippen LogP contribution in [0.4, 0.5) is 10.7 Å². The zero-order valence-corrected chi connectivity index (χ0v) is 18.2. The van der Waals surface area contributed by atoms with E-state index in [2.05, 4.69) is 46.4 Å². The number of amides is 1. The molecule has 0 aliphatic carbocycles. The number of benzene rings is 2. The Morgan fingerprint density at radius 2 is 1.84 bits per heavy atom. The van der Waals surface area contributed by atoms with Crippen molar-refractivity contribution in [3.63, 3.8) is 0 Å². The molecule has 2 aliphatic heterocycles. The lowest BCUT2D eigenvalue weighted by Crippen LogP contribution is -2.48. The van der Waals surface area contributed by atoms with E-state index in [1.54, 1.807) is 4.57 Å². The summed E-state index contributed by atoms with van der Waals surface area (Å²) in [7, 11) is 2.22. The van der Waals surface area contributed by atoms with E-state index >= 15 is 0 Å². The number of piperidine rings is 1. The molecule has 3 heterocycles. The Morgan fingerprint density at radius 3 is 2.71 bits per heavy atom. The number of aromatic nitrogens is 2. The fourth-order valence-electron chi connectivity index (χ4n) is 5.17. The number of nitrogens with zero attached hydrogens (tertiary/aromatic N) is 4. The van der Waals surface area contributed by atoms with Gasteiger partial charge >= 0.3 is 6.03 Å². The van der Waals surface area contributed by atoms with Crippen molar-refractivity contribution in [2.75, 3.05) is 38.1 Å². The highest BCUT2D eigenvalue weighted by molar-refractivity contribution is 5.93. The van der Waals surface area contributed by atoms with Crippen LogP contribution in [0.3, 0.4) is 0 Å². The number of likely N-dealkylation sites (N-methyl/N-ethyl adjacent to an activating group) is 1. The van der Waals surface area contributed by atoms with Gasteiger partial charge in [0, 0.05) is 25.7 Å². The van der Waals surface area contributed by atoms with Gasteiger partial charge in [0.25, 0.3) is 0 Å². The largest absolute Gasteiger partial charge is 0.340 e. The van der Waals surface area contributed by atoms with Crippen molar-refractivity contribution in [2.45, 2.75) is 31.7 Å². The SMILES string of the molecule is CN1CCC2CCN(c3nc4ccccc4n3C(=O)NCCCc3ccccc3)CC21. The summed E-state index contributed by atoms with van der Waals surface area (Å²) in [6.45, 7) is 3.71. The maximum atomic E-state index is 13.3. The smallest absolute Gasteiger partial charge is 0.328 e. The summed E-state index contributed by atoms with van der Waals surface area (Å²) < 4.78 is 1.78. The minimum absolute atomic E-state index is 0.0846. The molecule has 2 aliphatic rings. The lowest BCUT2D eigenvalue weighted by atomic mass is 9.92. The van der Waals surface area contributed by atoms with Crippen LogP contribution in [0.1, 0.15) is 24.8 Å². The third-order valence-corrected chi connectivity index (χ3v) is 6.93. The van der Waals surface area contributed by atoms with Crippen LogP contribution in [0.15, 0.2) is 54.6 Å². The Labute approximate surface area is 183 Å². The standard InChI is InChI=1S/C25H31N5O/c1-28-16-13-20-14-17-29(18-23(20)28)24-27-21-11-5-6-12-22(21)30(24)25(31)26-15-7-10-19-8-3-2-4-9-19/h2-6,8-9,11-12,20,23H,7,10,13-18H2,1H3,(H,26,31). The van der Waals surface area contributed by atoms with Crippen LogP contribution in [0, 0.1) is 5.92 Å². The number of nitrogens with one attached hydrogen (secondary N) is 1. The Morgan fingerprint density at radius 1 is 1.06 bits per heavy atom. The maximum Gasteiger partial charge on any atom is 0.328 e. The van der Waals surface area contributed by atoms with Gasteiger partial charge in [-0.2, -0.15) is 0 Å². The first-order valence-corrected chi connectivity index (χ1v) is 11.5. The van der Waals surface area contributed by atoms with Gasteiger partial charge in [-0.25, -0.2) is 14.3 Å². The number of para-hydroxylation sites is 2. The van der Waals surface area contributed by atoms with E-state index in [-0.39, 0.29) is 6.03 Å². The molecular weight excluding hydrogens is 386 g/mol. The summed E-state index contributed by atoms with van der Waals surface area (Å²) in [4.78, 5) is 22.9. The van der Waals surface area contributed by atoms with Crippen LogP contribution >= 0.6 is 0 Å². The number of aryl methyl sites for hydroxylation is 1. The van der Waals surface area contributed by atoms with Crippen molar-refractivity contribution in [1.82, 2.24) is 19.8 Å². The minimum Gasteiger partial charge on any atom is -0.340 e. The Kier molecular flexibility index (Phi) is 5.64. The zero-order chi connectivity index (χ0) is 21.2. The van der Waals surface area contributed by atoms with Gasteiger partial charge in [-0.1, -0.05) is 42.5 Å². The summed E-state index contributed by atoms with van der Waals surface area (Å²) in [6, 6.07) is 18.8. The molecule has 3 aromatic rings. The van der Waals surface area contributed by atoms with Crippen LogP contribution in [0.5, 0.6) is 0 Å². The maximum absolute atomic E-state index is 13.3. The Hall–Kier alpha value is -2.86. The Balaban J connectivity index is 1.33. The molecule has 0 spiro atoms. The topological polar surface area (TPSA) is 53.4 Å². The highest BCUT2D eigenvalue weighted by Crippen LogP contribution is 2.33. The average molecular weight is 418 g/mol. The molecule has 2 unspecified atom stereocenters. The van der Waals surface area contributed by atoms with Gasteiger partial charge in [0.1, 0.15) is 0 Å². The molecule has 162 valence electrons. The highest BCUT2D eigenvalue weighted by atomic mass is 16.2. The molecule has 2 aromatic carbocycles. The fourth-order valence-corrected chi connectivity index (χ4v) is 5.17. The van der Waals surface area contributed by atoms with Crippen molar-refractivity contribution in [3.8, 4) is 0 Å². The summed E-state index contributed by atoms with van der Waals surface area (Å²) in [6.07, 6.45) is 4.32. The van der Waals surface area contributed by atoms with E-state index in [1.807, 2.05) is 30.3 Å². The second-order valence-corrected chi connectivity index (χ2v) is 8.89. The molecular formula is C25H31N5O. The van der Waals surface area contributed by atoms with Gasteiger partial charge in [0.2, 0.25) is 5.95 Å². The minimum atomic E-state index is -0.0846. The fraction of sp³-hybridized carbons (Fsp3) is 0.440. The number of likely N-dealkylation sites (tertiary alicyclic amines) is 1. The normalized spacial score (nSPS) is 21.4. The molecule has 5 rings (SSSR count). The quantitative estimate of drug-likeness (QED) is 0.643. The molecule has 6 nitrogen and oxygen atoms in total. The van der Waals surface area contributed by atoms with Gasteiger partial charge in [-0.05, 0) is 62.9 Å². The van der Waals surface area contributed by atoms with Gasteiger partial charge < -0.3 is 15.1 Å². The van der Waals surface area contributed by atoms with Gasteiger partial charge in [-0.15, -0.1) is 0 Å². The number of imidazole rings is 1. The molecule has 1 N–H and O–H groups in total. The first-order valence-electron chi connectivity index (χ1n) is 11.5. The number of hydrogen-bond acceptors (Lipinski definition) is 4. The van der Waals surface area contributed by atoms with Crippen LogP contribution in [-0.4, -0.2) is 59.8 Å². The number of fused-ring (bicyclic) bond motifs is 2. The third kappa shape index (κ3) is 4.04. The number of carbonyl (C=O) groups excluding carboxylic acids is 1. The van der Waals surface area contributed by atoms with E-state index in [9.17, 15) is 4.79 Å². The van der Waals surface area contributed by atoms with E-state index in [1.165, 1.54) is 18.5 Å². The lowest BCUT2D eigenvalue weighted by Gasteiger charge is -2.37. The number of hydrogen-bond donors (Lipinski definition) is 1. The van der Waals surface area contributed by atoms with Crippen molar-refractivity contribution in [3.05, 3.63) is 60.2 Å². The molecule has 31 heavy (non-hydrogen) atoms. The number of rotatable bonds is 5. The van der Waals surface area contributed by atoms with Crippen molar-refractivity contribution in [2.24, 2.45) is 5.92 Å². The van der Waals surface area contributed by atoms with Gasteiger partial charge in [0.15, 0.2) is 0 Å². The first-order chi connectivity index (χ1) is 15.2. The molecule has 2 atom stereocenters. The van der Waals surface area contributed by atoms with Crippen LogP contribution in [-0.2, 0) is 6.42 Å². The molecule has 2 saturated heterocycles. The molecule has 0 saturated carbocycles. The summed E-state index contributed by atoms with van der Waals surface area (Å²) in [5.74, 6) is 1.55. The molecule has 0 bridgehead atoms. The van der Waals surface area contributed by atoms with Crippen LogP contribution in [0.2, 0.25) is 0 Å². The molecule has 1 amide bonds. The van der Waals surface area contributed by atoms with Crippen molar-refractivity contribution in [1.29, 1.82) is 0 Å².